The number of hydrogen-bond acceptors (Lipinski definition) is 6. The van der Waals surface area contributed by atoms with E-state index in [4.69, 9.17) is 27.5 Å². The highest BCUT2D eigenvalue weighted by atomic mass is 35.5. The van der Waals surface area contributed by atoms with Crippen LogP contribution in [0.4, 0.5) is 5.95 Å². The molecule has 2 rings (SSSR count). The predicted molar refractivity (Wildman–Crippen MR) is 68.1 cm³/mol. The van der Waals surface area contributed by atoms with E-state index < -0.39 is 24.3 Å². The van der Waals surface area contributed by atoms with Crippen molar-refractivity contribution in [1.29, 1.82) is 0 Å². The molecule has 10 heteroatoms. The number of fused-ring (bicyclic) bond motifs is 1. The summed E-state index contributed by atoms with van der Waals surface area (Å²) in [5, 5.41) is 17.8. The van der Waals surface area contributed by atoms with Crippen molar-refractivity contribution in [1.82, 2.24) is 19.5 Å². The van der Waals surface area contributed by atoms with Gasteiger partial charge < -0.3 is 20.5 Å². The highest BCUT2D eigenvalue weighted by molar-refractivity contribution is 6.33. The summed E-state index contributed by atoms with van der Waals surface area (Å²) in [5.74, 6) is -3.61. The predicted octanol–water partition coefficient (Wildman–Crippen LogP) is 0.237. The van der Waals surface area contributed by atoms with E-state index in [0.717, 1.165) is 0 Å². The molecule has 106 valence electrons. The van der Waals surface area contributed by atoms with E-state index in [-0.39, 0.29) is 28.8 Å². The summed E-state index contributed by atoms with van der Waals surface area (Å²) in [6.45, 7) is -0.106. The van der Waals surface area contributed by atoms with Crippen LogP contribution in [0.2, 0.25) is 5.15 Å². The average Bonchev–Trinajstić information content (AvgIpc) is 2.71. The summed E-state index contributed by atoms with van der Waals surface area (Å²) in [6, 6.07) is 0. The minimum atomic E-state index is -1.22. The number of carboxylic acids is 2. The van der Waals surface area contributed by atoms with Crippen LogP contribution in [0.5, 0.6) is 0 Å². The number of nitrogen functional groups attached to an aromatic ring is 1. The van der Waals surface area contributed by atoms with Gasteiger partial charge in [-0.2, -0.15) is 9.97 Å². The lowest BCUT2D eigenvalue weighted by Crippen LogP contribution is -2.23. The minimum absolute atomic E-state index is 0.0522. The molecule has 0 aromatic carbocycles. The Hall–Kier alpha value is -2.42. The second-order valence-corrected chi connectivity index (χ2v) is 4.43. The zero-order valence-electron chi connectivity index (χ0n) is 10.0. The van der Waals surface area contributed by atoms with Gasteiger partial charge in [-0.25, -0.2) is 4.98 Å². The van der Waals surface area contributed by atoms with E-state index in [1.165, 1.54) is 10.9 Å². The van der Waals surface area contributed by atoms with Gasteiger partial charge in [0, 0.05) is 6.54 Å². The quantitative estimate of drug-likeness (QED) is 0.666. The number of nitrogens with zero attached hydrogens (tertiary/aromatic N) is 4. The molecule has 0 saturated carbocycles. The van der Waals surface area contributed by atoms with Crippen molar-refractivity contribution in [2.24, 2.45) is 5.92 Å². The lowest BCUT2D eigenvalue weighted by molar-refractivity contribution is -0.148. The van der Waals surface area contributed by atoms with Crippen molar-refractivity contribution in [2.45, 2.75) is 13.0 Å². The van der Waals surface area contributed by atoms with Gasteiger partial charge in [-0.05, 0) is 0 Å². The first-order valence-corrected chi connectivity index (χ1v) is 5.84. The Kier molecular flexibility index (Phi) is 3.70. The van der Waals surface area contributed by atoms with Crippen molar-refractivity contribution in [3.63, 3.8) is 0 Å². The molecule has 4 N–H and O–H groups in total. The molecule has 20 heavy (non-hydrogen) atoms. The summed E-state index contributed by atoms with van der Waals surface area (Å²) in [4.78, 5) is 33.3. The van der Waals surface area contributed by atoms with Crippen molar-refractivity contribution < 1.29 is 19.8 Å². The Labute approximate surface area is 117 Å². The Morgan fingerprint density at radius 3 is 2.70 bits per heavy atom. The third-order valence-electron chi connectivity index (χ3n) is 2.63. The summed E-state index contributed by atoms with van der Waals surface area (Å²) in [7, 11) is 0. The molecule has 0 aliphatic rings. The number of imidazole rings is 1. The largest absolute Gasteiger partial charge is 0.481 e. The first-order chi connectivity index (χ1) is 9.38. The Morgan fingerprint density at radius 2 is 2.10 bits per heavy atom. The molecule has 2 aromatic rings. The van der Waals surface area contributed by atoms with Gasteiger partial charge in [-0.3, -0.25) is 9.59 Å². The topological polar surface area (TPSA) is 144 Å². The van der Waals surface area contributed by atoms with Crippen LogP contribution in [0.3, 0.4) is 0 Å². The third kappa shape index (κ3) is 2.77. The summed E-state index contributed by atoms with van der Waals surface area (Å²) in [5.41, 5.74) is 6.01. The number of aliphatic carboxylic acids is 2. The number of carbonyl (C=O) groups is 2. The van der Waals surface area contributed by atoms with E-state index in [0.29, 0.717) is 0 Å². The van der Waals surface area contributed by atoms with E-state index in [2.05, 4.69) is 15.0 Å². The van der Waals surface area contributed by atoms with Gasteiger partial charge in [0.05, 0.1) is 18.7 Å². The van der Waals surface area contributed by atoms with Crippen LogP contribution in [-0.2, 0) is 16.1 Å². The molecule has 0 radical (unpaired) electrons. The van der Waals surface area contributed by atoms with E-state index in [1.807, 2.05) is 0 Å². The normalized spacial score (nSPS) is 12.4. The number of nitrogens with two attached hydrogens (primary N) is 1. The minimum Gasteiger partial charge on any atom is -0.481 e. The molecule has 0 aliphatic carbocycles. The fraction of sp³-hybridized carbons (Fsp3) is 0.300. The van der Waals surface area contributed by atoms with Crippen molar-refractivity contribution >= 4 is 40.7 Å². The molecule has 1 unspecified atom stereocenters. The number of anilines is 1. The summed E-state index contributed by atoms with van der Waals surface area (Å²) in [6.07, 6.45) is 0.811. The van der Waals surface area contributed by atoms with Crippen LogP contribution in [0.25, 0.3) is 11.2 Å². The maximum atomic E-state index is 11.1. The van der Waals surface area contributed by atoms with Crippen LogP contribution in [0.15, 0.2) is 6.33 Å². The standard InChI is InChI=1S/C10H10ClN5O4/c11-7-6-8(15-10(12)14-7)16(3-13-6)2-4(9(19)20)1-5(17)18/h3-4H,1-2H2,(H,17,18)(H,19,20)(H2,12,14,15). The first kappa shape index (κ1) is 14.0. The van der Waals surface area contributed by atoms with E-state index in [9.17, 15) is 9.59 Å². The van der Waals surface area contributed by atoms with Gasteiger partial charge >= 0.3 is 11.9 Å². The highest BCUT2D eigenvalue weighted by Crippen LogP contribution is 2.21. The molecule has 0 saturated heterocycles. The molecular weight excluding hydrogens is 290 g/mol. The molecule has 0 spiro atoms. The molecule has 2 heterocycles. The van der Waals surface area contributed by atoms with Gasteiger partial charge in [0.2, 0.25) is 5.95 Å². The van der Waals surface area contributed by atoms with E-state index >= 15 is 0 Å². The third-order valence-corrected chi connectivity index (χ3v) is 2.89. The summed E-state index contributed by atoms with van der Waals surface area (Å²) < 4.78 is 1.39. The summed E-state index contributed by atoms with van der Waals surface area (Å²) >= 11 is 5.84. The van der Waals surface area contributed by atoms with Crippen molar-refractivity contribution in [3.8, 4) is 0 Å². The van der Waals surface area contributed by atoms with Gasteiger partial charge in [-0.15, -0.1) is 0 Å². The van der Waals surface area contributed by atoms with Gasteiger partial charge in [0.15, 0.2) is 10.8 Å². The lowest BCUT2D eigenvalue weighted by atomic mass is 10.1. The van der Waals surface area contributed by atoms with E-state index in [1.54, 1.807) is 0 Å². The average molecular weight is 300 g/mol. The second kappa shape index (κ2) is 5.29. The van der Waals surface area contributed by atoms with Gasteiger partial charge in [-0.1, -0.05) is 11.6 Å². The molecule has 0 fully saturated rings. The zero-order valence-corrected chi connectivity index (χ0v) is 10.8. The van der Waals surface area contributed by atoms with Crippen LogP contribution < -0.4 is 5.73 Å². The number of carboxylic acid groups (broad SMARTS) is 2. The number of rotatable bonds is 5. The monoisotopic (exact) mass is 299 g/mol. The maximum Gasteiger partial charge on any atom is 0.308 e. The zero-order chi connectivity index (χ0) is 14.9. The van der Waals surface area contributed by atoms with Crippen molar-refractivity contribution in [2.75, 3.05) is 5.73 Å². The fourth-order valence-corrected chi connectivity index (χ4v) is 1.96. The lowest BCUT2D eigenvalue weighted by Gasteiger charge is -2.11. The van der Waals surface area contributed by atoms with Crippen molar-refractivity contribution in [3.05, 3.63) is 11.5 Å². The Morgan fingerprint density at radius 1 is 1.40 bits per heavy atom. The number of halogens is 1. The number of aromatic nitrogens is 4. The molecule has 1 atom stereocenters. The maximum absolute atomic E-state index is 11.1. The molecular formula is C10H10ClN5O4. The van der Waals surface area contributed by atoms with Gasteiger partial charge in [0.25, 0.3) is 0 Å². The molecule has 9 nitrogen and oxygen atoms in total. The van der Waals surface area contributed by atoms with Crippen LogP contribution >= 0.6 is 11.6 Å². The highest BCUT2D eigenvalue weighted by Gasteiger charge is 2.23. The molecule has 2 aromatic heterocycles. The SMILES string of the molecule is Nc1nc(Cl)c2ncn(CC(CC(=O)O)C(=O)O)c2n1. The Bertz CT molecular complexity index is 686. The molecule has 0 amide bonds. The van der Waals surface area contributed by atoms with Crippen LogP contribution in [-0.4, -0.2) is 41.7 Å². The number of hydrogen-bond donors (Lipinski definition) is 3. The van der Waals surface area contributed by atoms with Crippen LogP contribution in [0, 0.1) is 5.92 Å². The van der Waals surface area contributed by atoms with Crippen LogP contribution in [0.1, 0.15) is 6.42 Å². The molecule has 0 aliphatic heterocycles. The Balaban J connectivity index is 2.37. The molecule has 0 bridgehead atoms. The fourth-order valence-electron chi connectivity index (χ4n) is 1.74. The second-order valence-electron chi connectivity index (χ2n) is 4.07. The van der Waals surface area contributed by atoms with Gasteiger partial charge in [0.1, 0.15) is 5.52 Å². The smallest absolute Gasteiger partial charge is 0.308 e. The first-order valence-electron chi connectivity index (χ1n) is 5.47.